The van der Waals surface area contributed by atoms with Crippen LogP contribution in [0.5, 0.6) is 0 Å². The Morgan fingerprint density at radius 3 is 3.07 bits per heavy atom. The highest BCUT2D eigenvalue weighted by atomic mass is 16.5. The Hall–Kier alpha value is -0.650. The molecule has 5 nitrogen and oxygen atoms in total. The second kappa shape index (κ2) is 6.05. The largest absolute Gasteiger partial charge is 0.378 e. The van der Waals surface area contributed by atoms with Gasteiger partial charge in [0.05, 0.1) is 19.3 Å². The maximum absolute atomic E-state index is 11.7. The minimum Gasteiger partial charge on any atom is -0.378 e. The van der Waals surface area contributed by atoms with E-state index in [0.717, 1.165) is 6.54 Å². The summed E-state index contributed by atoms with van der Waals surface area (Å²) < 4.78 is 5.34. The molecule has 0 bridgehead atoms. The van der Waals surface area contributed by atoms with Crippen molar-refractivity contribution in [3.63, 3.8) is 0 Å². The molecule has 88 valence electrons. The van der Waals surface area contributed by atoms with Crippen molar-refractivity contribution in [3.8, 4) is 0 Å². The molecule has 0 aliphatic carbocycles. The van der Waals surface area contributed by atoms with Gasteiger partial charge in [-0.15, -0.1) is 0 Å². The minimum atomic E-state index is -0.123. The van der Waals surface area contributed by atoms with Gasteiger partial charge in [-0.2, -0.15) is 0 Å². The average molecular weight is 215 g/mol. The van der Waals surface area contributed by atoms with Crippen molar-refractivity contribution in [1.82, 2.24) is 10.2 Å². The highest BCUT2D eigenvalue weighted by Crippen LogP contribution is 2.10. The van der Waals surface area contributed by atoms with Crippen LogP contribution >= 0.6 is 0 Å². The summed E-state index contributed by atoms with van der Waals surface area (Å²) >= 11 is 0. The summed E-state index contributed by atoms with van der Waals surface area (Å²) in [5.74, 6) is 0.0675. The van der Waals surface area contributed by atoms with Crippen molar-refractivity contribution in [2.75, 3.05) is 32.8 Å². The number of rotatable bonds is 4. The summed E-state index contributed by atoms with van der Waals surface area (Å²) in [6, 6.07) is 0.0405. The molecule has 3 N–H and O–H groups in total. The first kappa shape index (κ1) is 12.4. The van der Waals surface area contributed by atoms with Crippen molar-refractivity contribution in [2.24, 2.45) is 5.73 Å². The standard InChI is InChI=1S/C10H21N3O2/c1-3-12-10(14)8(2)13-4-5-15-7-9(13)6-11/h8-9H,3-7,11H2,1-2H3,(H,12,14). The number of hydrogen-bond acceptors (Lipinski definition) is 4. The van der Waals surface area contributed by atoms with Gasteiger partial charge in [-0.3, -0.25) is 9.69 Å². The molecule has 0 aromatic heterocycles. The maximum atomic E-state index is 11.7. The zero-order valence-electron chi connectivity index (χ0n) is 9.53. The first-order chi connectivity index (χ1) is 7.20. The van der Waals surface area contributed by atoms with Gasteiger partial charge in [0.25, 0.3) is 0 Å². The first-order valence-corrected chi connectivity index (χ1v) is 5.52. The maximum Gasteiger partial charge on any atom is 0.237 e. The van der Waals surface area contributed by atoms with E-state index in [2.05, 4.69) is 10.2 Å². The Bertz CT molecular complexity index is 211. The van der Waals surface area contributed by atoms with Crippen LogP contribution in [-0.4, -0.2) is 55.7 Å². The Labute approximate surface area is 90.9 Å². The van der Waals surface area contributed by atoms with Crippen LogP contribution in [0.3, 0.4) is 0 Å². The van der Waals surface area contributed by atoms with Crippen LogP contribution in [0.25, 0.3) is 0 Å². The fraction of sp³-hybridized carbons (Fsp3) is 0.900. The van der Waals surface area contributed by atoms with E-state index in [1.807, 2.05) is 13.8 Å². The number of nitrogens with zero attached hydrogens (tertiary/aromatic N) is 1. The van der Waals surface area contributed by atoms with Crippen molar-refractivity contribution < 1.29 is 9.53 Å². The predicted octanol–water partition coefficient (Wildman–Crippen LogP) is -0.829. The number of carbonyl (C=O) groups is 1. The lowest BCUT2D eigenvalue weighted by Gasteiger charge is -2.38. The number of likely N-dealkylation sites (N-methyl/N-ethyl adjacent to an activating group) is 1. The molecule has 1 saturated heterocycles. The molecule has 0 aromatic rings. The predicted molar refractivity (Wildman–Crippen MR) is 58.5 cm³/mol. The van der Waals surface area contributed by atoms with Crippen LogP contribution in [0.15, 0.2) is 0 Å². The molecule has 1 fully saturated rings. The van der Waals surface area contributed by atoms with E-state index < -0.39 is 0 Å². The second-order valence-corrected chi connectivity index (χ2v) is 3.77. The van der Waals surface area contributed by atoms with Gasteiger partial charge in [0.1, 0.15) is 0 Å². The molecular weight excluding hydrogens is 194 g/mol. The van der Waals surface area contributed by atoms with Gasteiger partial charge >= 0.3 is 0 Å². The Balaban J connectivity index is 2.54. The molecule has 2 unspecified atom stereocenters. The summed E-state index contributed by atoms with van der Waals surface area (Å²) in [7, 11) is 0. The zero-order valence-corrected chi connectivity index (χ0v) is 9.53. The lowest BCUT2D eigenvalue weighted by molar-refractivity contribution is -0.129. The molecule has 1 aliphatic heterocycles. The number of carbonyl (C=O) groups excluding carboxylic acids is 1. The Morgan fingerprint density at radius 1 is 1.73 bits per heavy atom. The molecule has 0 aromatic carbocycles. The van der Waals surface area contributed by atoms with E-state index in [4.69, 9.17) is 10.5 Å². The highest BCUT2D eigenvalue weighted by molar-refractivity contribution is 5.81. The van der Waals surface area contributed by atoms with Gasteiger partial charge < -0.3 is 15.8 Å². The molecule has 1 rings (SSSR count). The van der Waals surface area contributed by atoms with Crippen molar-refractivity contribution >= 4 is 5.91 Å². The summed E-state index contributed by atoms with van der Waals surface area (Å²) in [4.78, 5) is 13.8. The van der Waals surface area contributed by atoms with Crippen molar-refractivity contribution in [1.29, 1.82) is 0 Å². The molecule has 2 atom stereocenters. The van der Waals surface area contributed by atoms with Gasteiger partial charge in [0, 0.05) is 25.7 Å². The molecule has 0 saturated carbocycles. The van der Waals surface area contributed by atoms with Crippen LogP contribution < -0.4 is 11.1 Å². The van der Waals surface area contributed by atoms with Gasteiger partial charge in [0.2, 0.25) is 5.91 Å². The number of nitrogens with one attached hydrogen (secondary N) is 1. The van der Waals surface area contributed by atoms with Gasteiger partial charge in [-0.25, -0.2) is 0 Å². The summed E-state index contributed by atoms with van der Waals surface area (Å²) in [6.45, 7) is 7.12. The van der Waals surface area contributed by atoms with E-state index in [-0.39, 0.29) is 18.0 Å². The second-order valence-electron chi connectivity index (χ2n) is 3.77. The van der Waals surface area contributed by atoms with Crippen LogP contribution in [0.4, 0.5) is 0 Å². The third-order valence-electron chi connectivity index (χ3n) is 2.77. The van der Waals surface area contributed by atoms with E-state index in [1.54, 1.807) is 0 Å². The molecule has 1 aliphatic rings. The molecule has 0 radical (unpaired) electrons. The monoisotopic (exact) mass is 215 g/mol. The normalized spacial score (nSPS) is 24.9. The van der Waals surface area contributed by atoms with E-state index in [0.29, 0.717) is 26.3 Å². The number of nitrogens with two attached hydrogens (primary N) is 1. The average Bonchev–Trinajstić information content (AvgIpc) is 2.28. The molecule has 0 spiro atoms. The fourth-order valence-corrected chi connectivity index (χ4v) is 1.85. The van der Waals surface area contributed by atoms with E-state index in [1.165, 1.54) is 0 Å². The van der Waals surface area contributed by atoms with Crippen LogP contribution in [0.2, 0.25) is 0 Å². The Morgan fingerprint density at radius 2 is 2.47 bits per heavy atom. The zero-order chi connectivity index (χ0) is 11.3. The minimum absolute atomic E-state index is 0.0675. The third kappa shape index (κ3) is 3.15. The molecule has 1 amide bonds. The molecule has 5 heteroatoms. The van der Waals surface area contributed by atoms with Gasteiger partial charge in [0.15, 0.2) is 0 Å². The lowest BCUT2D eigenvalue weighted by Crippen LogP contribution is -2.57. The van der Waals surface area contributed by atoms with Crippen LogP contribution in [0, 0.1) is 0 Å². The molecular formula is C10H21N3O2. The number of amides is 1. The third-order valence-corrected chi connectivity index (χ3v) is 2.77. The summed E-state index contributed by atoms with van der Waals surface area (Å²) in [6.07, 6.45) is 0. The Kier molecular flexibility index (Phi) is 5.01. The smallest absolute Gasteiger partial charge is 0.237 e. The molecule has 1 heterocycles. The fourth-order valence-electron chi connectivity index (χ4n) is 1.85. The first-order valence-electron chi connectivity index (χ1n) is 5.52. The number of morpholine rings is 1. The highest BCUT2D eigenvalue weighted by Gasteiger charge is 2.29. The number of ether oxygens (including phenoxy) is 1. The van der Waals surface area contributed by atoms with Gasteiger partial charge in [-0.1, -0.05) is 0 Å². The summed E-state index contributed by atoms with van der Waals surface area (Å²) in [5, 5.41) is 2.82. The van der Waals surface area contributed by atoms with E-state index in [9.17, 15) is 4.79 Å². The quantitative estimate of drug-likeness (QED) is 0.642. The van der Waals surface area contributed by atoms with Crippen molar-refractivity contribution in [2.45, 2.75) is 25.9 Å². The van der Waals surface area contributed by atoms with Crippen LogP contribution in [-0.2, 0) is 9.53 Å². The summed E-state index contributed by atoms with van der Waals surface area (Å²) in [5.41, 5.74) is 5.65. The SMILES string of the molecule is CCNC(=O)C(C)N1CCOCC1CN. The molecule has 15 heavy (non-hydrogen) atoms. The van der Waals surface area contributed by atoms with E-state index >= 15 is 0 Å². The lowest BCUT2D eigenvalue weighted by atomic mass is 10.1. The van der Waals surface area contributed by atoms with Gasteiger partial charge in [-0.05, 0) is 13.8 Å². The topological polar surface area (TPSA) is 67.6 Å². The van der Waals surface area contributed by atoms with Crippen molar-refractivity contribution in [3.05, 3.63) is 0 Å². The number of hydrogen-bond donors (Lipinski definition) is 2. The van der Waals surface area contributed by atoms with Crippen LogP contribution in [0.1, 0.15) is 13.8 Å².